The van der Waals surface area contributed by atoms with Crippen molar-refractivity contribution in [1.29, 1.82) is 0 Å². The maximum absolute atomic E-state index is 12.6. The molecule has 0 amide bonds. The number of rotatable bonds is 5. The van der Waals surface area contributed by atoms with E-state index in [1.807, 2.05) is 17.7 Å². The van der Waals surface area contributed by atoms with Crippen LogP contribution >= 0.6 is 11.3 Å². The number of nitrogens with zero attached hydrogens (tertiary/aromatic N) is 4. The van der Waals surface area contributed by atoms with Gasteiger partial charge in [-0.3, -0.25) is 14.2 Å². The molecule has 0 aliphatic heterocycles. The number of Topliss-reactive ketones (excluding diaryl/α,β-unsaturated/α-hetero) is 1. The first kappa shape index (κ1) is 14.6. The first-order valence-corrected chi connectivity index (χ1v) is 7.85. The van der Waals surface area contributed by atoms with Crippen molar-refractivity contribution in [3.8, 4) is 0 Å². The highest BCUT2D eigenvalue weighted by Crippen LogP contribution is 2.26. The van der Waals surface area contributed by atoms with Gasteiger partial charge in [-0.05, 0) is 25.8 Å². The predicted molar refractivity (Wildman–Crippen MR) is 85.5 cm³/mol. The lowest BCUT2D eigenvalue weighted by Crippen LogP contribution is -2.21. The second-order valence-electron chi connectivity index (χ2n) is 5.19. The van der Waals surface area contributed by atoms with Gasteiger partial charge in [-0.1, -0.05) is 0 Å². The molecule has 3 heterocycles. The fourth-order valence-electron chi connectivity index (χ4n) is 2.50. The Morgan fingerprint density at radius 1 is 1.32 bits per heavy atom. The van der Waals surface area contributed by atoms with Crippen LogP contribution in [0.15, 0.2) is 29.8 Å². The van der Waals surface area contributed by atoms with E-state index in [0.29, 0.717) is 21.6 Å². The van der Waals surface area contributed by atoms with Crippen LogP contribution in [0.25, 0.3) is 10.2 Å². The Kier molecular flexibility index (Phi) is 3.89. The molecule has 6 nitrogen and oxygen atoms in total. The molecule has 0 N–H and O–H groups in total. The van der Waals surface area contributed by atoms with Gasteiger partial charge in [0.2, 0.25) is 0 Å². The zero-order valence-corrected chi connectivity index (χ0v) is 13.3. The van der Waals surface area contributed by atoms with E-state index in [-0.39, 0.29) is 11.3 Å². The number of thiophene rings is 1. The Balaban J connectivity index is 1.88. The Bertz CT molecular complexity index is 877. The van der Waals surface area contributed by atoms with Crippen molar-refractivity contribution in [3.63, 3.8) is 0 Å². The molecule has 0 unspecified atom stereocenters. The lowest BCUT2D eigenvalue weighted by Gasteiger charge is -2.06. The van der Waals surface area contributed by atoms with Gasteiger partial charge in [0.25, 0.3) is 5.56 Å². The summed E-state index contributed by atoms with van der Waals surface area (Å²) < 4.78 is 3.59. The van der Waals surface area contributed by atoms with Gasteiger partial charge < -0.3 is 4.57 Å². The number of carbonyl (C=O) groups excluding carboxylic acids is 1. The van der Waals surface area contributed by atoms with Crippen molar-refractivity contribution < 1.29 is 4.79 Å². The van der Waals surface area contributed by atoms with E-state index in [1.54, 1.807) is 23.4 Å². The summed E-state index contributed by atoms with van der Waals surface area (Å²) >= 11 is 1.29. The minimum Gasteiger partial charge on any atom is -0.337 e. The van der Waals surface area contributed by atoms with E-state index >= 15 is 0 Å². The first-order valence-electron chi connectivity index (χ1n) is 7.03. The average molecular weight is 316 g/mol. The molecule has 0 radical (unpaired) electrons. The van der Waals surface area contributed by atoms with E-state index in [9.17, 15) is 9.59 Å². The lowest BCUT2D eigenvalue weighted by atomic mass is 10.2. The van der Waals surface area contributed by atoms with Crippen molar-refractivity contribution in [3.05, 3.63) is 45.8 Å². The number of imidazole rings is 1. The molecule has 114 valence electrons. The third kappa shape index (κ3) is 2.59. The van der Waals surface area contributed by atoms with E-state index in [1.165, 1.54) is 18.3 Å². The molecule has 0 spiro atoms. The topological polar surface area (TPSA) is 69.8 Å². The Morgan fingerprint density at radius 3 is 2.82 bits per heavy atom. The summed E-state index contributed by atoms with van der Waals surface area (Å²) in [5, 5.41) is 0.570. The molecule has 3 aromatic heterocycles. The largest absolute Gasteiger partial charge is 0.337 e. The highest BCUT2D eigenvalue weighted by molar-refractivity contribution is 7.20. The number of fused-ring (bicyclic) bond motifs is 1. The maximum atomic E-state index is 12.6. The summed E-state index contributed by atoms with van der Waals surface area (Å²) in [6.07, 6.45) is 7.77. The Labute approximate surface area is 131 Å². The number of aromatic nitrogens is 4. The second kappa shape index (κ2) is 5.84. The fraction of sp³-hybridized carbons (Fsp3) is 0.333. The highest BCUT2D eigenvalue weighted by atomic mass is 32.1. The van der Waals surface area contributed by atoms with Gasteiger partial charge in [-0.2, -0.15) is 0 Å². The van der Waals surface area contributed by atoms with Gasteiger partial charge in [0.1, 0.15) is 4.83 Å². The number of aryl methyl sites for hydroxylation is 3. The van der Waals surface area contributed by atoms with Gasteiger partial charge in [0, 0.05) is 25.5 Å². The maximum Gasteiger partial charge on any atom is 0.262 e. The zero-order valence-electron chi connectivity index (χ0n) is 12.4. The van der Waals surface area contributed by atoms with Crippen LogP contribution in [0.4, 0.5) is 0 Å². The van der Waals surface area contributed by atoms with Crippen LogP contribution in [0.1, 0.15) is 28.6 Å². The second-order valence-corrected chi connectivity index (χ2v) is 6.19. The SMILES string of the molecule is CC(=O)c1sc2ncn(CCCn3ccnc3)c(=O)c2c1C. The monoisotopic (exact) mass is 316 g/mol. The third-order valence-electron chi connectivity index (χ3n) is 3.61. The summed E-state index contributed by atoms with van der Waals surface area (Å²) in [5.41, 5.74) is 0.672. The molecule has 0 aromatic carbocycles. The van der Waals surface area contributed by atoms with Gasteiger partial charge in [-0.25, -0.2) is 9.97 Å². The molecule has 0 saturated carbocycles. The summed E-state index contributed by atoms with van der Waals surface area (Å²) in [6.45, 7) is 4.71. The number of ketones is 1. The van der Waals surface area contributed by atoms with Crippen LogP contribution in [-0.4, -0.2) is 24.9 Å². The van der Waals surface area contributed by atoms with Crippen LogP contribution in [0, 0.1) is 6.92 Å². The molecule has 3 rings (SSSR count). The first-order chi connectivity index (χ1) is 10.6. The van der Waals surface area contributed by atoms with Gasteiger partial charge >= 0.3 is 0 Å². The van der Waals surface area contributed by atoms with Crippen molar-refractivity contribution in [2.24, 2.45) is 0 Å². The molecule has 3 aromatic rings. The average Bonchev–Trinajstić information content (AvgIpc) is 3.10. The third-order valence-corrected chi connectivity index (χ3v) is 4.91. The molecule has 22 heavy (non-hydrogen) atoms. The quantitative estimate of drug-likeness (QED) is 0.677. The molecule has 0 aliphatic carbocycles. The minimum atomic E-state index is -0.0723. The van der Waals surface area contributed by atoms with Crippen molar-refractivity contribution in [2.75, 3.05) is 0 Å². The minimum absolute atomic E-state index is 0.0217. The summed E-state index contributed by atoms with van der Waals surface area (Å²) in [4.78, 5) is 33.8. The van der Waals surface area contributed by atoms with Crippen molar-refractivity contribution in [1.82, 2.24) is 19.1 Å². The molecule has 0 saturated heterocycles. The molecule has 0 fully saturated rings. The zero-order chi connectivity index (χ0) is 15.7. The lowest BCUT2D eigenvalue weighted by molar-refractivity contribution is 0.102. The molecular weight excluding hydrogens is 300 g/mol. The van der Waals surface area contributed by atoms with E-state index in [4.69, 9.17) is 0 Å². The van der Waals surface area contributed by atoms with Crippen molar-refractivity contribution >= 4 is 27.3 Å². The number of carbonyl (C=O) groups is 1. The smallest absolute Gasteiger partial charge is 0.262 e. The summed E-state index contributed by atoms with van der Waals surface area (Å²) in [7, 11) is 0. The van der Waals surface area contributed by atoms with E-state index < -0.39 is 0 Å². The Hall–Kier alpha value is -2.28. The van der Waals surface area contributed by atoms with Crippen LogP contribution < -0.4 is 5.56 Å². The predicted octanol–water partition coefficient (Wildman–Crippen LogP) is 2.26. The molecule has 0 aliphatic rings. The highest BCUT2D eigenvalue weighted by Gasteiger charge is 2.16. The number of hydrogen-bond acceptors (Lipinski definition) is 5. The fourth-order valence-corrected chi connectivity index (χ4v) is 3.53. The summed E-state index contributed by atoms with van der Waals surface area (Å²) in [5.74, 6) is -0.0217. The van der Waals surface area contributed by atoms with Crippen LogP contribution in [0.5, 0.6) is 0 Å². The normalized spacial score (nSPS) is 11.2. The van der Waals surface area contributed by atoms with Gasteiger partial charge in [0.15, 0.2) is 5.78 Å². The molecule has 0 atom stereocenters. The molecule has 7 heteroatoms. The number of hydrogen-bond donors (Lipinski definition) is 0. The van der Waals surface area contributed by atoms with Crippen LogP contribution in [-0.2, 0) is 13.1 Å². The summed E-state index contributed by atoms with van der Waals surface area (Å²) in [6, 6.07) is 0. The van der Waals surface area contributed by atoms with Crippen LogP contribution in [0.3, 0.4) is 0 Å². The van der Waals surface area contributed by atoms with Gasteiger partial charge in [-0.15, -0.1) is 11.3 Å². The van der Waals surface area contributed by atoms with Crippen LogP contribution in [0.2, 0.25) is 0 Å². The molecular formula is C15H16N4O2S. The van der Waals surface area contributed by atoms with Gasteiger partial charge in [0.05, 0.1) is 22.9 Å². The van der Waals surface area contributed by atoms with E-state index in [0.717, 1.165) is 18.5 Å². The van der Waals surface area contributed by atoms with E-state index in [2.05, 4.69) is 9.97 Å². The molecule has 0 bridgehead atoms. The standard InChI is InChI=1S/C15H16N4O2S/c1-10-12-14(22-13(10)11(2)20)17-9-19(15(12)21)6-3-5-18-7-4-16-8-18/h4,7-9H,3,5-6H2,1-2H3. The van der Waals surface area contributed by atoms with Crippen molar-refractivity contribution in [2.45, 2.75) is 33.4 Å². The Morgan fingerprint density at radius 2 is 2.14 bits per heavy atom.